The molecular formula is C20H23NO2. The Morgan fingerprint density at radius 2 is 1.91 bits per heavy atom. The second kappa shape index (κ2) is 6.86. The number of anilines is 1. The predicted octanol–water partition coefficient (Wildman–Crippen LogP) is 4.28. The third kappa shape index (κ3) is 3.73. The zero-order chi connectivity index (χ0) is 16.2. The molecule has 1 amide bonds. The number of fused-ring (bicyclic) bond motifs is 1. The van der Waals surface area contributed by atoms with Crippen molar-refractivity contribution in [2.75, 3.05) is 5.32 Å². The highest BCUT2D eigenvalue weighted by Gasteiger charge is 2.18. The van der Waals surface area contributed by atoms with Crippen molar-refractivity contribution in [1.29, 1.82) is 0 Å². The van der Waals surface area contributed by atoms with Crippen molar-refractivity contribution in [3.05, 3.63) is 59.2 Å². The highest BCUT2D eigenvalue weighted by Crippen LogP contribution is 2.28. The van der Waals surface area contributed by atoms with Crippen LogP contribution in [0.2, 0.25) is 0 Å². The zero-order valence-electron chi connectivity index (χ0n) is 13.8. The lowest BCUT2D eigenvalue weighted by Gasteiger charge is -2.21. The lowest BCUT2D eigenvalue weighted by molar-refractivity contribution is -0.122. The van der Waals surface area contributed by atoms with Gasteiger partial charge in [0.2, 0.25) is 0 Å². The monoisotopic (exact) mass is 309 g/mol. The van der Waals surface area contributed by atoms with Crippen LogP contribution in [-0.2, 0) is 17.6 Å². The molecule has 0 aliphatic heterocycles. The normalized spacial score (nSPS) is 14.7. The van der Waals surface area contributed by atoms with Crippen molar-refractivity contribution >= 4 is 11.6 Å². The van der Waals surface area contributed by atoms with E-state index in [1.54, 1.807) is 6.92 Å². The highest BCUT2D eigenvalue weighted by molar-refractivity contribution is 5.95. The molecule has 0 heterocycles. The Morgan fingerprint density at radius 1 is 1.13 bits per heavy atom. The molecule has 1 N–H and O–H groups in total. The van der Waals surface area contributed by atoms with Gasteiger partial charge in [-0.05, 0) is 74.4 Å². The number of amides is 1. The molecule has 0 fully saturated rings. The fourth-order valence-electron chi connectivity index (χ4n) is 3.08. The van der Waals surface area contributed by atoms with Crippen molar-refractivity contribution in [2.24, 2.45) is 0 Å². The van der Waals surface area contributed by atoms with E-state index in [-0.39, 0.29) is 5.91 Å². The van der Waals surface area contributed by atoms with Gasteiger partial charge in [0.25, 0.3) is 5.91 Å². The van der Waals surface area contributed by atoms with E-state index < -0.39 is 6.10 Å². The first kappa shape index (κ1) is 15.6. The number of carbonyl (C=O) groups is 1. The molecule has 1 aliphatic rings. The van der Waals surface area contributed by atoms with Gasteiger partial charge < -0.3 is 10.1 Å². The van der Waals surface area contributed by atoms with Crippen LogP contribution in [0.4, 0.5) is 5.69 Å². The number of aryl methyl sites for hydroxylation is 2. The average molecular weight is 309 g/mol. The quantitative estimate of drug-likeness (QED) is 0.915. The molecule has 2 aromatic rings. The summed E-state index contributed by atoms with van der Waals surface area (Å²) in [7, 11) is 0. The topological polar surface area (TPSA) is 38.3 Å². The van der Waals surface area contributed by atoms with E-state index in [1.165, 1.54) is 24.0 Å². The largest absolute Gasteiger partial charge is 0.481 e. The van der Waals surface area contributed by atoms with E-state index in [0.717, 1.165) is 29.8 Å². The minimum absolute atomic E-state index is 0.106. The second-order valence-corrected chi connectivity index (χ2v) is 6.22. The molecule has 0 bridgehead atoms. The van der Waals surface area contributed by atoms with Gasteiger partial charge in [0.1, 0.15) is 5.75 Å². The molecule has 2 aromatic carbocycles. The molecule has 0 saturated heterocycles. The smallest absolute Gasteiger partial charge is 0.265 e. The standard InChI is InChI=1S/C20H23NO2/c1-14-7-5-10-17(13-14)23-15(2)20(22)21-19-12-6-9-16-8-3-4-11-18(16)19/h5-7,9-10,12-13,15H,3-4,8,11H2,1-2H3,(H,21,22). The first-order valence-electron chi connectivity index (χ1n) is 8.28. The zero-order valence-corrected chi connectivity index (χ0v) is 13.8. The molecule has 3 heteroatoms. The van der Waals surface area contributed by atoms with Crippen LogP contribution in [0, 0.1) is 6.92 Å². The van der Waals surface area contributed by atoms with Crippen LogP contribution in [0.15, 0.2) is 42.5 Å². The van der Waals surface area contributed by atoms with Gasteiger partial charge in [0.15, 0.2) is 6.10 Å². The number of ether oxygens (including phenoxy) is 1. The van der Waals surface area contributed by atoms with Crippen LogP contribution in [0.25, 0.3) is 0 Å². The van der Waals surface area contributed by atoms with Gasteiger partial charge in [-0.2, -0.15) is 0 Å². The Balaban J connectivity index is 1.69. The van der Waals surface area contributed by atoms with E-state index in [0.29, 0.717) is 0 Å². The summed E-state index contributed by atoms with van der Waals surface area (Å²) in [6.07, 6.45) is 4.04. The van der Waals surface area contributed by atoms with Gasteiger partial charge in [-0.1, -0.05) is 24.3 Å². The highest BCUT2D eigenvalue weighted by atomic mass is 16.5. The maximum Gasteiger partial charge on any atom is 0.265 e. The van der Waals surface area contributed by atoms with E-state index in [4.69, 9.17) is 4.74 Å². The summed E-state index contributed by atoms with van der Waals surface area (Å²) in [4.78, 5) is 12.5. The molecule has 1 unspecified atom stereocenters. The number of carbonyl (C=O) groups excluding carboxylic acids is 1. The van der Waals surface area contributed by atoms with Gasteiger partial charge >= 0.3 is 0 Å². The first-order chi connectivity index (χ1) is 11.1. The molecule has 3 rings (SSSR count). The van der Waals surface area contributed by atoms with Crippen molar-refractivity contribution in [2.45, 2.75) is 45.6 Å². The minimum Gasteiger partial charge on any atom is -0.481 e. The van der Waals surface area contributed by atoms with E-state index in [2.05, 4.69) is 11.4 Å². The number of hydrogen-bond acceptors (Lipinski definition) is 2. The maximum absolute atomic E-state index is 12.5. The molecule has 120 valence electrons. The molecule has 0 aromatic heterocycles. The van der Waals surface area contributed by atoms with E-state index >= 15 is 0 Å². The fourth-order valence-corrected chi connectivity index (χ4v) is 3.08. The van der Waals surface area contributed by atoms with Gasteiger partial charge in [-0.15, -0.1) is 0 Å². The van der Waals surface area contributed by atoms with Gasteiger partial charge in [0, 0.05) is 5.69 Å². The van der Waals surface area contributed by atoms with Crippen molar-refractivity contribution in [1.82, 2.24) is 0 Å². The Morgan fingerprint density at radius 3 is 2.74 bits per heavy atom. The molecule has 0 radical (unpaired) electrons. The summed E-state index contributed by atoms with van der Waals surface area (Å²) < 4.78 is 5.76. The second-order valence-electron chi connectivity index (χ2n) is 6.22. The van der Waals surface area contributed by atoms with Gasteiger partial charge in [-0.3, -0.25) is 4.79 Å². The summed E-state index contributed by atoms with van der Waals surface area (Å²) >= 11 is 0. The molecular weight excluding hydrogens is 286 g/mol. The van der Waals surface area contributed by atoms with Gasteiger partial charge in [0.05, 0.1) is 0 Å². The summed E-state index contributed by atoms with van der Waals surface area (Å²) in [5.41, 5.74) is 4.70. The summed E-state index contributed by atoms with van der Waals surface area (Å²) in [6, 6.07) is 13.9. The summed E-state index contributed by atoms with van der Waals surface area (Å²) in [5.74, 6) is 0.619. The lowest BCUT2D eigenvalue weighted by atomic mass is 9.90. The number of nitrogens with one attached hydrogen (secondary N) is 1. The average Bonchev–Trinajstić information content (AvgIpc) is 2.55. The molecule has 1 aliphatic carbocycles. The van der Waals surface area contributed by atoms with Crippen LogP contribution in [0.5, 0.6) is 5.75 Å². The molecule has 3 nitrogen and oxygen atoms in total. The first-order valence-corrected chi connectivity index (χ1v) is 8.28. The number of hydrogen-bond donors (Lipinski definition) is 1. The van der Waals surface area contributed by atoms with Crippen LogP contribution in [0.3, 0.4) is 0 Å². The lowest BCUT2D eigenvalue weighted by Crippen LogP contribution is -2.30. The van der Waals surface area contributed by atoms with Crippen LogP contribution in [0.1, 0.15) is 36.5 Å². The van der Waals surface area contributed by atoms with E-state index in [1.807, 2.05) is 43.3 Å². The SMILES string of the molecule is Cc1cccc(OC(C)C(=O)Nc2cccc3c2CCCC3)c1. The van der Waals surface area contributed by atoms with Gasteiger partial charge in [-0.25, -0.2) is 0 Å². The summed E-state index contributed by atoms with van der Waals surface area (Å²) in [6.45, 7) is 3.79. The number of benzene rings is 2. The van der Waals surface area contributed by atoms with Crippen LogP contribution >= 0.6 is 0 Å². The van der Waals surface area contributed by atoms with Crippen LogP contribution < -0.4 is 10.1 Å². The third-order valence-electron chi connectivity index (χ3n) is 4.33. The van der Waals surface area contributed by atoms with Crippen molar-refractivity contribution < 1.29 is 9.53 Å². The third-order valence-corrected chi connectivity index (χ3v) is 4.33. The fraction of sp³-hybridized carbons (Fsp3) is 0.350. The Labute approximate surface area is 137 Å². The Kier molecular flexibility index (Phi) is 4.65. The Bertz CT molecular complexity index is 709. The van der Waals surface area contributed by atoms with Crippen LogP contribution in [-0.4, -0.2) is 12.0 Å². The molecule has 0 saturated carbocycles. The predicted molar refractivity (Wildman–Crippen MR) is 93.0 cm³/mol. The van der Waals surface area contributed by atoms with E-state index in [9.17, 15) is 4.79 Å². The minimum atomic E-state index is -0.531. The molecule has 23 heavy (non-hydrogen) atoms. The van der Waals surface area contributed by atoms with Crippen molar-refractivity contribution in [3.8, 4) is 5.75 Å². The molecule has 1 atom stereocenters. The Hall–Kier alpha value is -2.29. The van der Waals surface area contributed by atoms with Crippen molar-refractivity contribution in [3.63, 3.8) is 0 Å². The molecule has 0 spiro atoms. The maximum atomic E-state index is 12.5. The summed E-state index contributed by atoms with van der Waals surface area (Å²) in [5, 5.41) is 3.04. The number of rotatable bonds is 4.